The molecule has 0 unspecified atom stereocenters. The van der Waals surface area contributed by atoms with E-state index in [1.165, 1.54) is 23.5 Å². The predicted octanol–water partition coefficient (Wildman–Crippen LogP) is 2.06. The molecule has 1 aromatic carbocycles. The van der Waals surface area contributed by atoms with E-state index in [0.717, 1.165) is 6.42 Å². The quantitative estimate of drug-likeness (QED) is 0.785. The zero-order chi connectivity index (χ0) is 14.0. The summed E-state index contributed by atoms with van der Waals surface area (Å²) in [7, 11) is -2.05. The molecular formula is C12H14ClNO4S. The number of carbonyl (C=O) groups excluding carboxylic acids is 1. The zero-order valence-corrected chi connectivity index (χ0v) is 12.0. The summed E-state index contributed by atoms with van der Waals surface area (Å²) in [6.07, 6.45) is 1.46. The van der Waals surface area contributed by atoms with Crippen molar-refractivity contribution in [2.45, 2.75) is 12.8 Å². The summed E-state index contributed by atoms with van der Waals surface area (Å²) in [4.78, 5) is 11.6. The number of hydrogen-bond acceptors (Lipinski definition) is 4. The summed E-state index contributed by atoms with van der Waals surface area (Å²) in [5.41, 5.74) is 0.618. The molecule has 1 saturated heterocycles. The van der Waals surface area contributed by atoms with Crippen molar-refractivity contribution in [3.05, 3.63) is 28.8 Å². The fourth-order valence-corrected chi connectivity index (χ4v) is 3.84. The highest BCUT2D eigenvalue weighted by atomic mass is 35.5. The van der Waals surface area contributed by atoms with Crippen LogP contribution in [0.3, 0.4) is 0 Å². The average molecular weight is 304 g/mol. The van der Waals surface area contributed by atoms with Gasteiger partial charge in [0.25, 0.3) is 0 Å². The Morgan fingerprint density at radius 1 is 1.37 bits per heavy atom. The Hall–Kier alpha value is -1.27. The lowest BCUT2D eigenvalue weighted by Gasteiger charge is -2.28. The molecule has 0 saturated carbocycles. The maximum absolute atomic E-state index is 12.0. The molecule has 5 nitrogen and oxygen atoms in total. The van der Waals surface area contributed by atoms with E-state index in [2.05, 4.69) is 4.74 Å². The van der Waals surface area contributed by atoms with Gasteiger partial charge >= 0.3 is 5.97 Å². The molecule has 0 radical (unpaired) electrons. The van der Waals surface area contributed by atoms with Gasteiger partial charge in [-0.15, -0.1) is 0 Å². The van der Waals surface area contributed by atoms with Crippen LogP contribution in [-0.4, -0.2) is 33.8 Å². The lowest BCUT2D eigenvalue weighted by atomic mass is 10.2. The number of nitrogens with zero attached hydrogens (tertiary/aromatic N) is 1. The van der Waals surface area contributed by atoms with E-state index in [9.17, 15) is 13.2 Å². The standard InChI is InChI=1S/C12H14ClNO4S/c1-18-12(15)10-8-9(4-5-11(10)13)14-6-2-3-7-19(14,16)17/h4-5,8H,2-3,6-7H2,1H3. The highest BCUT2D eigenvalue weighted by molar-refractivity contribution is 7.92. The van der Waals surface area contributed by atoms with E-state index in [4.69, 9.17) is 11.6 Å². The number of halogens is 1. The molecule has 2 rings (SSSR count). The number of esters is 1. The average Bonchev–Trinajstić information content (AvgIpc) is 2.38. The SMILES string of the molecule is COC(=O)c1cc(N2CCCCS2(=O)=O)ccc1Cl. The number of sulfonamides is 1. The van der Waals surface area contributed by atoms with Gasteiger partial charge in [0.15, 0.2) is 0 Å². The summed E-state index contributed by atoms with van der Waals surface area (Å²) in [5.74, 6) is -0.454. The Bertz CT molecular complexity index is 600. The summed E-state index contributed by atoms with van der Waals surface area (Å²) in [6.45, 7) is 0.421. The smallest absolute Gasteiger partial charge is 0.339 e. The summed E-state index contributed by atoms with van der Waals surface area (Å²) < 4.78 is 29.9. The van der Waals surface area contributed by atoms with Crippen LogP contribution in [0.25, 0.3) is 0 Å². The van der Waals surface area contributed by atoms with E-state index in [1.54, 1.807) is 6.07 Å². The largest absolute Gasteiger partial charge is 0.465 e. The van der Waals surface area contributed by atoms with Gasteiger partial charge in [-0.2, -0.15) is 0 Å². The van der Waals surface area contributed by atoms with Crippen LogP contribution in [0.4, 0.5) is 5.69 Å². The molecule has 0 aliphatic carbocycles. The molecule has 0 aromatic heterocycles. The molecule has 1 aliphatic heterocycles. The lowest BCUT2D eigenvalue weighted by Crippen LogP contribution is -2.37. The predicted molar refractivity (Wildman–Crippen MR) is 73.2 cm³/mol. The normalized spacial score (nSPS) is 18.1. The van der Waals surface area contributed by atoms with Crippen LogP contribution in [0.5, 0.6) is 0 Å². The van der Waals surface area contributed by atoms with E-state index < -0.39 is 16.0 Å². The number of ether oxygens (including phenoxy) is 1. The minimum absolute atomic E-state index is 0.128. The van der Waals surface area contributed by atoms with E-state index in [1.807, 2.05) is 0 Å². The molecule has 0 bridgehead atoms. The summed E-state index contributed by atoms with van der Waals surface area (Å²) in [6, 6.07) is 4.56. The number of anilines is 1. The van der Waals surface area contributed by atoms with Gasteiger partial charge in [0, 0.05) is 6.54 Å². The molecule has 1 aromatic rings. The highest BCUT2D eigenvalue weighted by Gasteiger charge is 2.27. The first-order chi connectivity index (χ1) is 8.95. The topological polar surface area (TPSA) is 63.7 Å². The Labute approximate surface area is 117 Å². The molecule has 0 amide bonds. The van der Waals surface area contributed by atoms with Crippen molar-refractivity contribution in [1.82, 2.24) is 0 Å². The molecular weight excluding hydrogens is 290 g/mol. The minimum atomic E-state index is -3.30. The number of hydrogen-bond donors (Lipinski definition) is 0. The van der Waals surface area contributed by atoms with Gasteiger partial charge in [0.05, 0.1) is 29.1 Å². The van der Waals surface area contributed by atoms with Crippen molar-refractivity contribution in [3.63, 3.8) is 0 Å². The maximum Gasteiger partial charge on any atom is 0.339 e. The van der Waals surface area contributed by atoms with Crippen LogP contribution in [0.15, 0.2) is 18.2 Å². The second-order valence-corrected chi connectivity index (χ2v) is 6.67. The summed E-state index contributed by atoms with van der Waals surface area (Å²) in [5, 5.41) is 0.241. The van der Waals surface area contributed by atoms with Crippen LogP contribution in [-0.2, 0) is 14.8 Å². The lowest BCUT2D eigenvalue weighted by molar-refractivity contribution is 0.0601. The molecule has 0 N–H and O–H groups in total. The fourth-order valence-electron chi connectivity index (χ4n) is 2.01. The molecule has 1 aliphatic rings. The number of benzene rings is 1. The van der Waals surface area contributed by atoms with Crippen molar-refractivity contribution in [3.8, 4) is 0 Å². The van der Waals surface area contributed by atoms with Crippen LogP contribution in [0.1, 0.15) is 23.2 Å². The van der Waals surface area contributed by atoms with Crippen molar-refractivity contribution in [1.29, 1.82) is 0 Å². The molecule has 104 valence electrons. The Morgan fingerprint density at radius 2 is 2.11 bits per heavy atom. The van der Waals surface area contributed by atoms with E-state index in [0.29, 0.717) is 18.7 Å². The number of methoxy groups -OCH3 is 1. The maximum atomic E-state index is 12.0. The van der Waals surface area contributed by atoms with Gasteiger partial charge in [-0.25, -0.2) is 13.2 Å². The van der Waals surface area contributed by atoms with E-state index in [-0.39, 0.29) is 16.3 Å². The third-order valence-corrected chi connectivity index (χ3v) is 5.19. The van der Waals surface area contributed by atoms with Gasteiger partial charge in [-0.1, -0.05) is 11.6 Å². The molecule has 0 atom stereocenters. The third kappa shape index (κ3) is 2.84. The highest BCUT2D eigenvalue weighted by Crippen LogP contribution is 2.28. The minimum Gasteiger partial charge on any atom is -0.465 e. The van der Waals surface area contributed by atoms with Crippen molar-refractivity contribution < 1.29 is 17.9 Å². The van der Waals surface area contributed by atoms with Gasteiger partial charge in [0.2, 0.25) is 10.0 Å². The second-order valence-electron chi connectivity index (χ2n) is 4.25. The number of rotatable bonds is 2. The monoisotopic (exact) mass is 303 g/mol. The third-order valence-electron chi connectivity index (χ3n) is 2.99. The van der Waals surface area contributed by atoms with Crippen LogP contribution >= 0.6 is 11.6 Å². The second kappa shape index (κ2) is 5.38. The molecule has 19 heavy (non-hydrogen) atoms. The fraction of sp³-hybridized carbons (Fsp3) is 0.417. The van der Waals surface area contributed by atoms with Crippen molar-refractivity contribution >= 4 is 33.3 Å². The first kappa shape index (κ1) is 14.1. The molecule has 7 heteroatoms. The van der Waals surface area contributed by atoms with Crippen molar-refractivity contribution in [2.24, 2.45) is 0 Å². The van der Waals surface area contributed by atoms with Gasteiger partial charge in [-0.05, 0) is 31.0 Å². The molecule has 1 heterocycles. The summed E-state index contributed by atoms with van der Waals surface area (Å²) >= 11 is 5.91. The van der Waals surface area contributed by atoms with Crippen molar-refractivity contribution in [2.75, 3.05) is 23.7 Å². The van der Waals surface area contributed by atoms with Crippen LogP contribution < -0.4 is 4.31 Å². The Morgan fingerprint density at radius 3 is 2.74 bits per heavy atom. The van der Waals surface area contributed by atoms with Gasteiger partial charge < -0.3 is 4.74 Å². The van der Waals surface area contributed by atoms with Gasteiger partial charge in [0.1, 0.15) is 0 Å². The van der Waals surface area contributed by atoms with E-state index >= 15 is 0 Å². The molecule has 0 spiro atoms. The van der Waals surface area contributed by atoms with Gasteiger partial charge in [-0.3, -0.25) is 4.31 Å². The zero-order valence-electron chi connectivity index (χ0n) is 10.4. The number of carbonyl (C=O) groups is 1. The first-order valence-corrected chi connectivity index (χ1v) is 7.83. The van der Waals surface area contributed by atoms with Crippen LogP contribution in [0.2, 0.25) is 5.02 Å². The molecule has 1 fully saturated rings. The Kier molecular flexibility index (Phi) is 4.01. The first-order valence-electron chi connectivity index (χ1n) is 5.84. The van der Waals surface area contributed by atoms with Crippen LogP contribution in [0, 0.1) is 0 Å². The Balaban J connectivity index is 2.43.